The summed E-state index contributed by atoms with van der Waals surface area (Å²) in [5.74, 6) is 0. The molecule has 0 aliphatic rings. The first-order valence-corrected chi connectivity index (χ1v) is 5.10. The van der Waals surface area contributed by atoms with Crippen LogP contribution < -0.4 is 5.32 Å². The first-order chi connectivity index (χ1) is 8.16. The van der Waals surface area contributed by atoms with E-state index in [4.69, 9.17) is 0 Å². The van der Waals surface area contributed by atoms with Crippen LogP contribution >= 0.6 is 0 Å². The zero-order valence-electron chi connectivity index (χ0n) is 9.25. The van der Waals surface area contributed by atoms with Crippen LogP contribution in [0, 0.1) is 17.0 Å². The molecule has 0 fully saturated rings. The highest BCUT2D eigenvalue weighted by Gasteiger charge is 2.11. The van der Waals surface area contributed by atoms with Gasteiger partial charge in [-0.2, -0.15) is 0 Å². The lowest BCUT2D eigenvalue weighted by molar-refractivity contribution is -0.383. The lowest BCUT2D eigenvalue weighted by Crippen LogP contribution is -1.97. The number of aromatic nitrogens is 1. The van der Waals surface area contributed by atoms with Gasteiger partial charge in [-0.1, -0.05) is 12.1 Å². The van der Waals surface area contributed by atoms with Crippen molar-refractivity contribution in [2.24, 2.45) is 0 Å². The van der Waals surface area contributed by atoms with E-state index in [0.29, 0.717) is 5.69 Å². The Hall–Kier alpha value is -2.43. The second kappa shape index (κ2) is 4.61. The number of para-hydroxylation sites is 2. The molecule has 0 spiro atoms. The molecule has 2 rings (SSSR count). The predicted octanol–water partition coefficient (Wildman–Crippen LogP) is 3.04. The highest BCUT2D eigenvalue weighted by Crippen LogP contribution is 2.26. The molecule has 1 heterocycles. The molecule has 1 aromatic heterocycles. The third kappa shape index (κ3) is 2.57. The molecule has 0 bridgehead atoms. The molecule has 0 aliphatic carbocycles. The normalized spacial score (nSPS) is 9.94. The molecular formula is C12H11N3O2. The Morgan fingerprint density at radius 3 is 2.65 bits per heavy atom. The molecule has 0 saturated heterocycles. The van der Waals surface area contributed by atoms with E-state index in [1.54, 1.807) is 24.4 Å². The Kier molecular flexibility index (Phi) is 3.00. The monoisotopic (exact) mass is 229 g/mol. The van der Waals surface area contributed by atoms with Gasteiger partial charge in [-0.05, 0) is 25.1 Å². The van der Waals surface area contributed by atoms with Crippen LogP contribution in [0.15, 0.2) is 42.6 Å². The molecule has 0 aliphatic heterocycles. The SMILES string of the molecule is Cc1ccc(Nc2ccccc2[N+](=O)[O-])cn1. The van der Waals surface area contributed by atoms with Crippen molar-refractivity contribution in [3.05, 3.63) is 58.4 Å². The number of nitro groups is 1. The standard InChI is InChI=1S/C12H11N3O2/c1-9-6-7-10(8-13-9)14-11-4-2-3-5-12(11)15(16)17/h2-8,14H,1H3. The molecule has 17 heavy (non-hydrogen) atoms. The number of benzene rings is 1. The van der Waals surface area contributed by atoms with Gasteiger partial charge in [-0.25, -0.2) is 0 Å². The van der Waals surface area contributed by atoms with E-state index in [1.165, 1.54) is 6.07 Å². The molecule has 5 heteroatoms. The number of aryl methyl sites for hydroxylation is 1. The highest BCUT2D eigenvalue weighted by molar-refractivity contribution is 5.68. The number of nitro benzene ring substituents is 1. The van der Waals surface area contributed by atoms with E-state index in [-0.39, 0.29) is 5.69 Å². The van der Waals surface area contributed by atoms with Crippen molar-refractivity contribution in [2.45, 2.75) is 6.92 Å². The number of anilines is 2. The Bertz CT molecular complexity index is 538. The fourth-order valence-corrected chi connectivity index (χ4v) is 1.44. The van der Waals surface area contributed by atoms with Gasteiger partial charge < -0.3 is 5.32 Å². The summed E-state index contributed by atoms with van der Waals surface area (Å²) in [4.78, 5) is 14.5. The van der Waals surface area contributed by atoms with Crippen LogP contribution in [-0.4, -0.2) is 9.91 Å². The van der Waals surface area contributed by atoms with Gasteiger partial charge in [-0.3, -0.25) is 15.1 Å². The minimum atomic E-state index is -0.413. The van der Waals surface area contributed by atoms with Gasteiger partial charge in [0.1, 0.15) is 5.69 Å². The van der Waals surface area contributed by atoms with Crippen LogP contribution in [-0.2, 0) is 0 Å². The van der Waals surface area contributed by atoms with E-state index >= 15 is 0 Å². The molecule has 0 unspecified atom stereocenters. The van der Waals surface area contributed by atoms with Crippen LogP contribution in [0.4, 0.5) is 17.1 Å². The average molecular weight is 229 g/mol. The number of nitrogens with one attached hydrogen (secondary N) is 1. The molecule has 0 amide bonds. The van der Waals surface area contributed by atoms with Gasteiger partial charge in [-0.15, -0.1) is 0 Å². The van der Waals surface area contributed by atoms with Gasteiger partial charge in [0.05, 0.1) is 16.8 Å². The quantitative estimate of drug-likeness (QED) is 0.648. The van der Waals surface area contributed by atoms with Crippen LogP contribution in [0.1, 0.15) is 5.69 Å². The van der Waals surface area contributed by atoms with E-state index < -0.39 is 4.92 Å². The zero-order chi connectivity index (χ0) is 12.3. The summed E-state index contributed by atoms with van der Waals surface area (Å²) < 4.78 is 0. The van der Waals surface area contributed by atoms with Crippen LogP contribution in [0.2, 0.25) is 0 Å². The molecule has 86 valence electrons. The molecule has 1 aromatic carbocycles. The van der Waals surface area contributed by atoms with Crippen molar-refractivity contribution < 1.29 is 4.92 Å². The second-order valence-electron chi connectivity index (χ2n) is 3.59. The topological polar surface area (TPSA) is 68.1 Å². The number of rotatable bonds is 3. The maximum Gasteiger partial charge on any atom is 0.292 e. The van der Waals surface area contributed by atoms with Crippen molar-refractivity contribution in [3.63, 3.8) is 0 Å². The molecule has 5 nitrogen and oxygen atoms in total. The maximum atomic E-state index is 10.8. The number of pyridine rings is 1. The number of hydrogen-bond acceptors (Lipinski definition) is 4. The maximum absolute atomic E-state index is 10.8. The minimum Gasteiger partial charge on any atom is -0.349 e. The fraction of sp³-hybridized carbons (Fsp3) is 0.0833. The summed E-state index contributed by atoms with van der Waals surface area (Å²) in [5.41, 5.74) is 2.14. The Labute approximate surface area is 98.3 Å². The van der Waals surface area contributed by atoms with E-state index in [0.717, 1.165) is 11.4 Å². The third-order valence-corrected chi connectivity index (χ3v) is 2.29. The molecule has 1 N–H and O–H groups in total. The summed E-state index contributed by atoms with van der Waals surface area (Å²) >= 11 is 0. The van der Waals surface area contributed by atoms with Gasteiger partial charge in [0, 0.05) is 11.8 Å². The van der Waals surface area contributed by atoms with Crippen LogP contribution in [0.3, 0.4) is 0 Å². The largest absolute Gasteiger partial charge is 0.349 e. The van der Waals surface area contributed by atoms with Gasteiger partial charge >= 0.3 is 0 Å². The van der Waals surface area contributed by atoms with Crippen molar-refractivity contribution in [1.29, 1.82) is 0 Å². The van der Waals surface area contributed by atoms with Gasteiger partial charge in [0.2, 0.25) is 0 Å². The van der Waals surface area contributed by atoms with Gasteiger partial charge in [0.25, 0.3) is 5.69 Å². The average Bonchev–Trinajstić information content (AvgIpc) is 2.32. The van der Waals surface area contributed by atoms with Crippen molar-refractivity contribution >= 4 is 17.1 Å². The number of hydrogen-bond donors (Lipinski definition) is 1. The smallest absolute Gasteiger partial charge is 0.292 e. The first kappa shape index (κ1) is 11.1. The molecule has 0 radical (unpaired) electrons. The van der Waals surface area contributed by atoms with Gasteiger partial charge in [0.15, 0.2) is 0 Å². The van der Waals surface area contributed by atoms with Crippen molar-refractivity contribution in [1.82, 2.24) is 4.98 Å². The molecule has 2 aromatic rings. The Morgan fingerprint density at radius 2 is 2.00 bits per heavy atom. The van der Waals surface area contributed by atoms with Crippen LogP contribution in [0.5, 0.6) is 0 Å². The van der Waals surface area contributed by atoms with Crippen LogP contribution in [0.25, 0.3) is 0 Å². The highest BCUT2D eigenvalue weighted by atomic mass is 16.6. The summed E-state index contributed by atoms with van der Waals surface area (Å²) in [6.45, 7) is 1.88. The zero-order valence-corrected chi connectivity index (χ0v) is 9.25. The Balaban J connectivity index is 2.30. The lowest BCUT2D eigenvalue weighted by atomic mass is 10.2. The number of nitrogens with zero attached hydrogens (tertiary/aromatic N) is 2. The Morgan fingerprint density at radius 1 is 1.24 bits per heavy atom. The summed E-state index contributed by atoms with van der Waals surface area (Å²) in [6, 6.07) is 10.2. The first-order valence-electron chi connectivity index (χ1n) is 5.10. The lowest BCUT2D eigenvalue weighted by Gasteiger charge is -2.06. The van der Waals surface area contributed by atoms with E-state index in [1.807, 2.05) is 19.1 Å². The summed E-state index contributed by atoms with van der Waals surface area (Å²) in [6.07, 6.45) is 1.64. The minimum absolute atomic E-state index is 0.0491. The van der Waals surface area contributed by atoms with E-state index in [9.17, 15) is 10.1 Å². The molecule has 0 atom stereocenters. The molecular weight excluding hydrogens is 218 g/mol. The second-order valence-corrected chi connectivity index (χ2v) is 3.59. The summed E-state index contributed by atoms with van der Waals surface area (Å²) in [7, 11) is 0. The van der Waals surface area contributed by atoms with E-state index in [2.05, 4.69) is 10.3 Å². The predicted molar refractivity (Wildman–Crippen MR) is 65.4 cm³/mol. The third-order valence-electron chi connectivity index (χ3n) is 2.29. The molecule has 0 saturated carbocycles. The summed E-state index contributed by atoms with van der Waals surface area (Å²) in [5, 5.41) is 13.8. The van der Waals surface area contributed by atoms with Crippen molar-refractivity contribution in [2.75, 3.05) is 5.32 Å². The van der Waals surface area contributed by atoms with Crippen molar-refractivity contribution in [3.8, 4) is 0 Å². The fourth-order valence-electron chi connectivity index (χ4n) is 1.44.